The van der Waals surface area contributed by atoms with Gasteiger partial charge in [-0.05, 0) is 44.0 Å². The van der Waals surface area contributed by atoms with Crippen LogP contribution in [0.1, 0.15) is 31.9 Å². The lowest BCUT2D eigenvalue weighted by Crippen LogP contribution is -2.48. The van der Waals surface area contributed by atoms with Crippen molar-refractivity contribution in [2.24, 2.45) is 0 Å². The summed E-state index contributed by atoms with van der Waals surface area (Å²) in [5.74, 6) is 0.131. The van der Waals surface area contributed by atoms with Gasteiger partial charge in [0.05, 0.1) is 35.7 Å². The lowest BCUT2D eigenvalue weighted by molar-refractivity contribution is -0.140. The highest BCUT2D eigenvalue weighted by Crippen LogP contribution is 2.39. The van der Waals surface area contributed by atoms with Crippen molar-refractivity contribution in [3.05, 3.63) is 63.6 Å². The fraction of sp³-hybridized carbons (Fsp3) is 0.333. The fourth-order valence-corrected chi connectivity index (χ4v) is 3.59. The largest absolute Gasteiger partial charge is 0.494 e. The zero-order chi connectivity index (χ0) is 20.2. The number of hydrogen-bond donors (Lipinski definition) is 0. The van der Waals surface area contributed by atoms with Crippen LogP contribution in [0.15, 0.2) is 42.5 Å². The number of carbonyl (C=O) groups excluding carboxylic acids is 2. The van der Waals surface area contributed by atoms with Gasteiger partial charge in [0.15, 0.2) is 5.75 Å². The molecule has 144 valence electrons. The van der Waals surface area contributed by atoms with Crippen LogP contribution in [0.5, 0.6) is 5.75 Å². The number of Topliss-reactive ketones (excluding diaryl/α,β-unsaturated/α-hetero) is 1. The summed E-state index contributed by atoms with van der Waals surface area (Å²) < 4.78 is 5.20. The van der Waals surface area contributed by atoms with E-state index in [1.807, 2.05) is 44.2 Å². The molecule has 2 aromatic carbocycles. The fourth-order valence-electron chi connectivity index (χ4n) is 2.95. The Morgan fingerprint density at radius 1 is 1.07 bits per heavy atom. The van der Waals surface area contributed by atoms with Crippen LogP contribution in [0.3, 0.4) is 0 Å². The van der Waals surface area contributed by atoms with Gasteiger partial charge in [-0.25, -0.2) is 0 Å². The van der Waals surface area contributed by atoms with Gasteiger partial charge in [-0.1, -0.05) is 53.5 Å². The molecule has 0 unspecified atom stereocenters. The van der Waals surface area contributed by atoms with Crippen molar-refractivity contribution in [3.8, 4) is 5.75 Å². The van der Waals surface area contributed by atoms with E-state index < -0.39 is 5.54 Å². The van der Waals surface area contributed by atoms with Gasteiger partial charge < -0.3 is 9.64 Å². The Hall–Kier alpha value is -2.04. The minimum absolute atomic E-state index is 0.0000653. The Balaban J connectivity index is 2.42. The van der Waals surface area contributed by atoms with Gasteiger partial charge in [0, 0.05) is 0 Å². The van der Waals surface area contributed by atoms with E-state index in [-0.39, 0.29) is 24.7 Å². The van der Waals surface area contributed by atoms with Gasteiger partial charge in [-0.3, -0.25) is 9.59 Å². The van der Waals surface area contributed by atoms with Gasteiger partial charge >= 0.3 is 0 Å². The number of nitrogens with zero attached hydrogens (tertiary/aromatic N) is 1. The standard InChI is InChI=1S/C21H23Cl2NO3/c1-14(25)13-24(19(26)10-15-8-6-5-7-9-15)21(2,3)16-11-17(22)20(27-4)18(23)12-16/h5-9,11-12H,10,13H2,1-4H3. The van der Waals surface area contributed by atoms with Gasteiger partial charge in [0.2, 0.25) is 5.91 Å². The van der Waals surface area contributed by atoms with E-state index in [0.29, 0.717) is 15.8 Å². The Bertz CT molecular complexity index is 812. The number of rotatable bonds is 7. The maximum absolute atomic E-state index is 13.0. The molecule has 0 bridgehead atoms. The zero-order valence-electron chi connectivity index (χ0n) is 15.9. The molecule has 0 radical (unpaired) electrons. The maximum atomic E-state index is 13.0. The number of ketones is 1. The second-order valence-electron chi connectivity index (χ2n) is 6.88. The summed E-state index contributed by atoms with van der Waals surface area (Å²) in [6.07, 6.45) is 0.204. The molecule has 6 heteroatoms. The molecule has 0 heterocycles. The summed E-state index contributed by atoms with van der Waals surface area (Å²) >= 11 is 12.6. The van der Waals surface area contributed by atoms with Crippen LogP contribution in [0.2, 0.25) is 10.0 Å². The van der Waals surface area contributed by atoms with Crippen LogP contribution in [0.4, 0.5) is 0 Å². The molecular weight excluding hydrogens is 385 g/mol. The lowest BCUT2D eigenvalue weighted by Gasteiger charge is -2.39. The van der Waals surface area contributed by atoms with E-state index in [9.17, 15) is 9.59 Å². The van der Waals surface area contributed by atoms with E-state index in [0.717, 1.165) is 11.1 Å². The molecule has 0 aromatic heterocycles. The predicted octanol–water partition coefficient (Wildman–Crippen LogP) is 4.90. The number of halogens is 2. The van der Waals surface area contributed by atoms with Crippen molar-refractivity contribution in [1.29, 1.82) is 0 Å². The van der Waals surface area contributed by atoms with Crippen molar-refractivity contribution in [1.82, 2.24) is 4.90 Å². The number of amides is 1. The molecule has 4 nitrogen and oxygen atoms in total. The number of methoxy groups -OCH3 is 1. The van der Waals surface area contributed by atoms with Crippen LogP contribution in [0, 0.1) is 0 Å². The molecule has 0 aliphatic heterocycles. The molecular formula is C21H23Cl2NO3. The molecule has 2 rings (SSSR count). The summed E-state index contributed by atoms with van der Waals surface area (Å²) in [6, 6.07) is 12.9. The first-order valence-electron chi connectivity index (χ1n) is 8.54. The van der Waals surface area contributed by atoms with Gasteiger partial charge in [0.1, 0.15) is 5.78 Å². The summed E-state index contributed by atoms with van der Waals surface area (Å²) in [4.78, 5) is 26.5. The SMILES string of the molecule is COc1c(Cl)cc(C(C)(C)N(CC(C)=O)C(=O)Cc2ccccc2)cc1Cl. The van der Waals surface area contributed by atoms with E-state index in [1.165, 1.54) is 14.0 Å². The van der Waals surface area contributed by atoms with Crippen molar-refractivity contribution in [3.63, 3.8) is 0 Å². The molecule has 0 aliphatic rings. The highest BCUT2D eigenvalue weighted by molar-refractivity contribution is 6.37. The zero-order valence-corrected chi connectivity index (χ0v) is 17.4. The van der Waals surface area contributed by atoms with Gasteiger partial charge in [0.25, 0.3) is 0 Å². The Morgan fingerprint density at radius 3 is 2.11 bits per heavy atom. The van der Waals surface area contributed by atoms with Gasteiger partial charge in [-0.15, -0.1) is 0 Å². The van der Waals surface area contributed by atoms with Crippen LogP contribution in [0.25, 0.3) is 0 Å². The third kappa shape index (κ3) is 5.02. The van der Waals surface area contributed by atoms with Crippen LogP contribution < -0.4 is 4.74 Å². The quantitative estimate of drug-likeness (QED) is 0.655. The molecule has 0 saturated heterocycles. The molecule has 0 fully saturated rings. The van der Waals surface area contributed by atoms with Crippen molar-refractivity contribution in [2.75, 3.05) is 13.7 Å². The van der Waals surface area contributed by atoms with E-state index in [2.05, 4.69) is 0 Å². The second-order valence-corrected chi connectivity index (χ2v) is 7.69. The highest BCUT2D eigenvalue weighted by Gasteiger charge is 2.34. The maximum Gasteiger partial charge on any atom is 0.228 e. The number of hydrogen-bond acceptors (Lipinski definition) is 3. The molecule has 0 spiro atoms. The molecule has 0 N–H and O–H groups in total. The van der Waals surface area contributed by atoms with Crippen LogP contribution >= 0.6 is 23.2 Å². The predicted molar refractivity (Wildman–Crippen MR) is 109 cm³/mol. The third-order valence-electron chi connectivity index (χ3n) is 4.46. The molecule has 0 atom stereocenters. The minimum atomic E-state index is -0.795. The monoisotopic (exact) mass is 407 g/mol. The van der Waals surface area contributed by atoms with Crippen molar-refractivity contribution < 1.29 is 14.3 Å². The van der Waals surface area contributed by atoms with E-state index in [4.69, 9.17) is 27.9 Å². The molecule has 0 aliphatic carbocycles. The first kappa shape index (κ1) is 21.3. The Labute approximate surface area is 170 Å². The van der Waals surface area contributed by atoms with Crippen molar-refractivity contribution in [2.45, 2.75) is 32.7 Å². The normalized spacial score (nSPS) is 11.2. The average molecular weight is 408 g/mol. The van der Waals surface area contributed by atoms with Crippen LogP contribution in [-0.2, 0) is 21.5 Å². The molecule has 0 saturated carbocycles. The third-order valence-corrected chi connectivity index (χ3v) is 5.03. The molecule has 27 heavy (non-hydrogen) atoms. The Morgan fingerprint density at radius 2 is 1.63 bits per heavy atom. The summed E-state index contributed by atoms with van der Waals surface area (Å²) in [6.45, 7) is 5.20. The first-order chi connectivity index (χ1) is 12.7. The number of ether oxygens (including phenoxy) is 1. The molecule has 1 amide bonds. The van der Waals surface area contributed by atoms with E-state index in [1.54, 1.807) is 17.0 Å². The number of benzene rings is 2. The van der Waals surface area contributed by atoms with Crippen molar-refractivity contribution >= 4 is 34.9 Å². The minimum Gasteiger partial charge on any atom is -0.494 e. The van der Waals surface area contributed by atoms with E-state index >= 15 is 0 Å². The average Bonchev–Trinajstić information content (AvgIpc) is 2.60. The summed E-state index contributed by atoms with van der Waals surface area (Å²) in [5, 5.41) is 0.706. The Kier molecular flexibility index (Phi) is 6.90. The number of carbonyl (C=O) groups is 2. The smallest absolute Gasteiger partial charge is 0.228 e. The summed E-state index contributed by atoms with van der Waals surface area (Å²) in [7, 11) is 1.49. The topological polar surface area (TPSA) is 46.6 Å². The van der Waals surface area contributed by atoms with Crippen LogP contribution in [-0.4, -0.2) is 30.2 Å². The molecule has 2 aromatic rings. The highest BCUT2D eigenvalue weighted by atomic mass is 35.5. The van der Waals surface area contributed by atoms with Gasteiger partial charge in [-0.2, -0.15) is 0 Å². The lowest BCUT2D eigenvalue weighted by atomic mass is 9.91. The first-order valence-corrected chi connectivity index (χ1v) is 9.29. The summed E-state index contributed by atoms with van der Waals surface area (Å²) in [5.41, 5.74) is 0.815. The second kappa shape index (κ2) is 8.77.